The molecule has 1 aliphatic rings. The zero-order valence-electron chi connectivity index (χ0n) is 8.95. The number of carbonyl (C=O) groups is 1. The van der Waals surface area contributed by atoms with Crippen molar-refractivity contribution in [3.63, 3.8) is 0 Å². The van der Waals surface area contributed by atoms with Gasteiger partial charge in [-0.2, -0.15) is 0 Å². The standard InChI is InChI=1S/C11H10O5S/c1-16-11(13)10(12)8-2-3-9-7(6-8)4-5-17(9,14)15/h2-6,10,12H,1H3. The van der Waals surface area contributed by atoms with Gasteiger partial charge >= 0.3 is 5.97 Å². The molecule has 0 saturated heterocycles. The van der Waals surface area contributed by atoms with Crippen LogP contribution in [0.1, 0.15) is 17.2 Å². The number of benzene rings is 1. The normalized spacial score (nSPS) is 17.5. The maximum atomic E-state index is 11.5. The molecule has 0 fully saturated rings. The zero-order valence-corrected chi connectivity index (χ0v) is 9.77. The number of carbonyl (C=O) groups excluding carboxylic acids is 1. The van der Waals surface area contributed by atoms with E-state index in [1.54, 1.807) is 0 Å². The summed E-state index contributed by atoms with van der Waals surface area (Å²) in [7, 11) is -2.18. The highest BCUT2D eigenvalue weighted by Crippen LogP contribution is 2.29. The van der Waals surface area contributed by atoms with E-state index in [9.17, 15) is 18.3 Å². The molecule has 0 aliphatic carbocycles. The fourth-order valence-electron chi connectivity index (χ4n) is 1.61. The lowest BCUT2D eigenvalue weighted by molar-refractivity contribution is -0.150. The number of fused-ring (bicyclic) bond motifs is 1. The van der Waals surface area contributed by atoms with Crippen molar-refractivity contribution < 1.29 is 23.1 Å². The molecule has 0 saturated carbocycles. The van der Waals surface area contributed by atoms with Gasteiger partial charge in [-0.15, -0.1) is 0 Å². The molecule has 17 heavy (non-hydrogen) atoms. The van der Waals surface area contributed by atoms with Gasteiger partial charge in [-0.25, -0.2) is 13.2 Å². The van der Waals surface area contributed by atoms with Gasteiger partial charge in [-0.05, 0) is 29.3 Å². The second-order valence-corrected chi connectivity index (χ2v) is 5.37. The minimum absolute atomic E-state index is 0.179. The van der Waals surface area contributed by atoms with E-state index in [-0.39, 0.29) is 4.90 Å². The van der Waals surface area contributed by atoms with Gasteiger partial charge < -0.3 is 9.84 Å². The van der Waals surface area contributed by atoms with Crippen molar-refractivity contribution in [2.75, 3.05) is 7.11 Å². The van der Waals surface area contributed by atoms with Crippen molar-refractivity contribution in [3.05, 3.63) is 34.7 Å². The van der Waals surface area contributed by atoms with Crippen LogP contribution < -0.4 is 0 Å². The topological polar surface area (TPSA) is 80.7 Å². The fraction of sp³-hybridized carbons (Fsp3) is 0.182. The third kappa shape index (κ3) is 1.96. The Bertz CT molecular complexity index is 600. The molecular weight excluding hydrogens is 244 g/mol. The van der Waals surface area contributed by atoms with Gasteiger partial charge in [0, 0.05) is 5.41 Å². The number of ether oxygens (including phenoxy) is 1. The minimum Gasteiger partial charge on any atom is -0.467 e. The number of sulfone groups is 1. The number of rotatable bonds is 2. The lowest BCUT2D eigenvalue weighted by Crippen LogP contribution is -2.13. The van der Waals surface area contributed by atoms with Gasteiger partial charge in [0.15, 0.2) is 15.9 Å². The molecule has 1 unspecified atom stereocenters. The summed E-state index contributed by atoms with van der Waals surface area (Å²) in [6, 6.07) is 4.22. The summed E-state index contributed by atoms with van der Waals surface area (Å²) in [4.78, 5) is 11.3. The quantitative estimate of drug-likeness (QED) is 0.784. The Morgan fingerprint density at radius 3 is 2.76 bits per heavy atom. The predicted octanol–water partition coefficient (Wildman–Crippen LogP) is 0.651. The first-order chi connectivity index (χ1) is 7.95. The van der Waals surface area contributed by atoms with E-state index < -0.39 is 21.9 Å². The number of esters is 1. The van der Waals surface area contributed by atoms with E-state index in [1.807, 2.05) is 0 Å². The van der Waals surface area contributed by atoms with Crippen molar-refractivity contribution >= 4 is 21.9 Å². The van der Waals surface area contributed by atoms with E-state index >= 15 is 0 Å². The van der Waals surface area contributed by atoms with Crippen LogP contribution in [0, 0.1) is 0 Å². The van der Waals surface area contributed by atoms with Crippen molar-refractivity contribution in [2.45, 2.75) is 11.0 Å². The van der Waals surface area contributed by atoms with Crippen molar-refractivity contribution in [3.8, 4) is 0 Å². The first kappa shape index (κ1) is 11.8. The van der Waals surface area contributed by atoms with E-state index in [0.29, 0.717) is 11.1 Å². The van der Waals surface area contributed by atoms with Crippen LogP contribution >= 0.6 is 0 Å². The highest BCUT2D eigenvalue weighted by atomic mass is 32.2. The van der Waals surface area contributed by atoms with E-state index in [4.69, 9.17) is 0 Å². The molecule has 0 radical (unpaired) electrons. The third-order valence-corrected chi connectivity index (χ3v) is 3.99. The summed E-state index contributed by atoms with van der Waals surface area (Å²) in [6.07, 6.45) is 0.0278. The van der Waals surface area contributed by atoms with Gasteiger partial charge in [0.2, 0.25) is 0 Å². The Kier molecular flexibility index (Phi) is 2.76. The summed E-state index contributed by atoms with van der Waals surface area (Å²) in [5.74, 6) is -0.783. The smallest absolute Gasteiger partial charge is 0.339 e. The van der Waals surface area contributed by atoms with E-state index in [1.165, 1.54) is 31.4 Å². The monoisotopic (exact) mass is 254 g/mol. The molecule has 5 nitrogen and oxygen atoms in total. The number of hydrogen-bond acceptors (Lipinski definition) is 5. The molecule has 0 spiro atoms. The highest BCUT2D eigenvalue weighted by molar-refractivity contribution is 7.94. The maximum absolute atomic E-state index is 11.5. The SMILES string of the molecule is COC(=O)C(O)c1ccc2c(c1)C=CS2(=O)=O. The molecule has 0 amide bonds. The largest absolute Gasteiger partial charge is 0.467 e. The van der Waals surface area contributed by atoms with Crippen LogP contribution in [-0.2, 0) is 19.4 Å². The second kappa shape index (κ2) is 3.97. The van der Waals surface area contributed by atoms with Crippen LogP contribution in [0.25, 0.3) is 6.08 Å². The van der Waals surface area contributed by atoms with E-state index in [0.717, 1.165) is 5.41 Å². The van der Waals surface area contributed by atoms with Gasteiger partial charge in [0.05, 0.1) is 12.0 Å². The van der Waals surface area contributed by atoms with Crippen molar-refractivity contribution in [2.24, 2.45) is 0 Å². The molecule has 1 aromatic rings. The van der Waals surface area contributed by atoms with Crippen LogP contribution in [-0.4, -0.2) is 26.6 Å². The van der Waals surface area contributed by atoms with Gasteiger partial charge in [0.1, 0.15) is 0 Å². The van der Waals surface area contributed by atoms with E-state index in [2.05, 4.69) is 4.74 Å². The van der Waals surface area contributed by atoms with Gasteiger partial charge in [-0.1, -0.05) is 6.07 Å². The van der Waals surface area contributed by atoms with Crippen molar-refractivity contribution in [1.82, 2.24) is 0 Å². The molecule has 2 rings (SSSR count). The van der Waals surface area contributed by atoms with Crippen LogP contribution in [0.4, 0.5) is 0 Å². The van der Waals surface area contributed by atoms with Crippen LogP contribution in [0.2, 0.25) is 0 Å². The van der Waals surface area contributed by atoms with Gasteiger partial charge in [-0.3, -0.25) is 0 Å². The fourth-order valence-corrected chi connectivity index (χ4v) is 2.80. The Hall–Kier alpha value is -1.66. The summed E-state index contributed by atoms with van der Waals surface area (Å²) in [5, 5.41) is 10.7. The predicted molar refractivity (Wildman–Crippen MR) is 59.6 cm³/mol. The average Bonchev–Trinajstić information content (AvgIpc) is 2.63. The maximum Gasteiger partial charge on any atom is 0.339 e. The molecule has 0 aromatic heterocycles. The molecule has 6 heteroatoms. The average molecular weight is 254 g/mol. The summed E-state index contributed by atoms with van der Waals surface area (Å²) in [6.45, 7) is 0. The lowest BCUT2D eigenvalue weighted by Gasteiger charge is -2.09. The number of aliphatic hydroxyl groups excluding tert-OH is 1. The molecule has 1 heterocycles. The number of methoxy groups -OCH3 is 1. The molecule has 1 atom stereocenters. The third-order valence-electron chi connectivity index (χ3n) is 2.51. The molecule has 1 aromatic carbocycles. The Balaban J connectivity index is 2.43. The number of aliphatic hydroxyl groups is 1. The summed E-state index contributed by atoms with van der Waals surface area (Å²) >= 11 is 0. The van der Waals surface area contributed by atoms with Crippen LogP contribution in [0.15, 0.2) is 28.5 Å². The summed E-state index contributed by atoms with van der Waals surface area (Å²) < 4.78 is 27.4. The number of hydrogen-bond donors (Lipinski definition) is 1. The highest BCUT2D eigenvalue weighted by Gasteiger charge is 2.24. The molecule has 1 aliphatic heterocycles. The Morgan fingerprint density at radius 1 is 1.41 bits per heavy atom. The Labute approximate surface area is 98.3 Å². The van der Waals surface area contributed by atoms with Crippen molar-refractivity contribution in [1.29, 1.82) is 0 Å². The van der Waals surface area contributed by atoms with Crippen LogP contribution in [0.3, 0.4) is 0 Å². The second-order valence-electron chi connectivity index (χ2n) is 3.57. The molecule has 1 N–H and O–H groups in total. The minimum atomic E-state index is -3.35. The first-order valence-electron chi connectivity index (χ1n) is 4.79. The van der Waals surface area contributed by atoms with Gasteiger partial charge in [0.25, 0.3) is 0 Å². The van der Waals surface area contributed by atoms with Crippen LogP contribution in [0.5, 0.6) is 0 Å². The Morgan fingerprint density at radius 2 is 2.12 bits per heavy atom. The summed E-state index contributed by atoms with van der Waals surface area (Å²) in [5.41, 5.74) is 0.766. The first-order valence-corrected chi connectivity index (χ1v) is 6.33. The molecule has 0 bridgehead atoms. The molecule has 90 valence electrons. The zero-order chi connectivity index (χ0) is 12.6. The molecular formula is C11H10O5S. The lowest BCUT2D eigenvalue weighted by atomic mass is 10.1.